The van der Waals surface area contributed by atoms with E-state index in [0.29, 0.717) is 6.61 Å². The molecule has 5 nitrogen and oxygen atoms in total. The van der Waals surface area contributed by atoms with Crippen LogP contribution in [-0.2, 0) is 16.1 Å². The van der Waals surface area contributed by atoms with Gasteiger partial charge in [0, 0.05) is 25.5 Å². The lowest BCUT2D eigenvalue weighted by Gasteiger charge is -2.12. The minimum absolute atomic E-state index is 0.000650. The number of hydrogen-bond donors (Lipinski definition) is 2. The van der Waals surface area contributed by atoms with E-state index in [-0.39, 0.29) is 18.5 Å². The van der Waals surface area contributed by atoms with E-state index < -0.39 is 6.10 Å². The van der Waals surface area contributed by atoms with Crippen LogP contribution >= 0.6 is 0 Å². The van der Waals surface area contributed by atoms with Gasteiger partial charge in [-0.3, -0.25) is 4.79 Å². The topological polar surface area (TPSA) is 63.5 Å². The Balaban J connectivity index is 2.44. The van der Waals surface area contributed by atoms with Crippen LogP contribution in [0, 0.1) is 0 Å². The smallest absolute Gasteiger partial charge is 0.240 e. The maximum atomic E-state index is 11.6. The fraction of sp³-hybridized carbons (Fsp3) is 0.583. The van der Waals surface area contributed by atoms with E-state index in [1.54, 1.807) is 37.1 Å². The number of nitrogens with one attached hydrogen (secondary N) is 1. The van der Waals surface area contributed by atoms with E-state index in [9.17, 15) is 9.90 Å². The van der Waals surface area contributed by atoms with Crippen molar-refractivity contribution in [3.63, 3.8) is 0 Å². The van der Waals surface area contributed by atoms with Crippen molar-refractivity contribution in [1.82, 2.24) is 9.88 Å². The average molecular weight is 240 g/mol. The summed E-state index contributed by atoms with van der Waals surface area (Å²) in [4.78, 5) is 11.6. The number of aliphatic hydroxyl groups excluding tert-OH is 1. The number of nitrogens with zero attached hydrogens (tertiary/aromatic N) is 1. The molecule has 1 heterocycles. The van der Waals surface area contributed by atoms with Crippen LogP contribution in [0.15, 0.2) is 18.5 Å². The third-order valence-electron chi connectivity index (χ3n) is 2.41. The second-order valence-electron chi connectivity index (χ2n) is 4.22. The molecule has 0 aliphatic rings. The molecule has 2 atom stereocenters. The van der Waals surface area contributed by atoms with E-state index in [2.05, 4.69) is 5.32 Å². The number of ether oxygens (including phenoxy) is 1. The summed E-state index contributed by atoms with van der Waals surface area (Å²) in [5.74, 6) is -0.0673. The van der Waals surface area contributed by atoms with Crippen molar-refractivity contribution in [2.45, 2.75) is 32.5 Å². The Labute approximate surface area is 101 Å². The van der Waals surface area contributed by atoms with Crippen molar-refractivity contribution in [3.8, 4) is 0 Å². The van der Waals surface area contributed by atoms with E-state index in [0.717, 1.165) is 5.56 Å². The quantitative estimate of drug-likeness (QED) is 0.769. The Bertz CT molecular complexity index is 360. The molecule has 0 fully saturated rings. The largest absolute Gasteiger partial charge is 0.389 e. The molecule has 0 spiro atoms. The molecule has 1 amide bonds. The molecule has 1 aromatic heterocycles. The Morgan fingerprint density at radius 3 is 2.82 bits per heavy atom. The van der Waals surface area contributed by atoms with Gasteiger partial charge in [-0.05, 0) is 25.5 Å². The number of methoxy groups -OCH3 is 1. The first kappa shape index (κ1) is 13.7. The lowest BCUT2D eigenvalue weighted by molar-refractivity contribution is -0.122. The molecular weight excluding hydrogens is 220 g/mol. The highest BCUT2D eigenvalue weighted by molar-refractivity contribution is 5.76. The maximum Gasteiger partial charge on any atom is 0.240 e. The molecular formula is C12H20N2O3. The molecule has 2 N–H and O–H groups in total. The highest BCUT2D eigenvalue weighted by Crippen LogP contribution is 2.11. The van der Waals surface area contributed by atoms with Crippen LogP contribution in [0.25, 0.3) is 0 Å². The van der Waals surface area contributed by atoms with E-state index in [1.807, 2.05) is 6.92 Å². The number of hydrogen-bond acceptors (Lipinski definition) is 3. The number of aromatic nitrogens is 1. The lowest BCUT2D eigenvalue weighted by atomic mass is 10.2. The lowest BCUT2D eigenvalue weighted by Crippen LogP contribution is -2.37. The summed E-state index contributed by atoms with van der Waals surface area (Å²) in [6.07, 6.45) is 3.04. The molecule has 0 radical (unpaired) electrons. The minimum atomic E-state index is -0.508. The van der Waals surface area contributed by atoms with Gasteiger partial charge in [-0.15, -0.1) is 0 Å². The first-order valence-corrected chi connectivity index (χ1v) is 5.65. The molecule has 96 valence electrons. The Hall–Kier alpha value is -1.33. The van der Waals surface area contributed by atoms with Gasteiger partial charge in [0.1, 0.15) is 6.54 Å². The van der Waals surface area contributed by atoms with Crippen LogP contribution in [0.1, 0.15) is 25.5 Å². The number of carbonyl (C=O) groups is 1. The van der Waals surface area contributed by atoms with Crippen LogP contribution in [0.4, 0.5) is 0 Å². The third-order valence-corrected chi connectivity index (χ3v) is 2.41. The summed E-state index contributed by atoms with van der Waals surface area (Å²) in [6.45, 7) is 4.33. The predicted molar refractivity (Wildman–Crippen MR) is 64.5 cm³/mol. The van der Waals surface area contributed by atoms with Crippen LogP contribution in [0.5, 0.6) is 0 Å². The van der Waals surface area contributed by atoms with Crippen molar-refractivity contribution in [2.24, 2.45) is 0 Å². The van der Waals surface area contributed by atoms with Gasteiger partial charge in [0.05, 0.1) is 12.7 Å². The molecule has 1 rings (SSSR count). The molecule has 0 saturated heterocycles. The van der Waals surface area contributed by atoms with E-state index in [4.69, 9.17) is 4.74 Å². The summed E-state index contributed by atoms with van der Waals surface area (Å²) >= 11 is 0. The van der Waals surface area contributed by atoms with Crippen LogP contribution < -0.4 is 5.32 Å². The first-order chi connectivity index (χ1) is 8.02. The fourth-order valence-electron chi connectivity index (χ4n) is 1.58. The molecule has 0 aliphatic carbocycles. The zero-order valence-electron chi connectivity index (χ0n) is 10.5. The standard InChI is InChI=1S/C12H20N2O3/c1-9(8-17-3)13-12(16)7-14-5-4-11(6-14)10(2)15/h4-6,9-10,15H,7-8H2,1-3H3,(H,13,16). The zero-order chi connectivity index (χ0) is 12.8. The number of carbonyl (C=O) groups excluding carboxylic acids is 1. The van der Waals surface area contributed by atoms with Crippen molar-refractivity contribution in [2.75, 3.05) is 13.7 Å². The van der Waals surface area contributed by atoms with Crippen molar-refractivity contribution in [3.05, 3.63) is 24.0 Å². The molecule has 5 heteroatoms. The summed E-state index contributed by atoms with van der Waals surface area (Å²) in [5.41, 5.74) is 0.808. The minimum Gasteiger partial charge on any atom is -0.389 e. The molecule has 0 bridgehead atoms. The van der Waals surface area contributed by atoms with Gasteiger partial charge in [-0.25, -0.2) is 0 Å². The van der Waals surface area contributed by atoms with Gasteiger partial charge in [0.15, 0.2) is 0 Å². The highest BCUT2D eigenvalue weighted by Gasteiger charge is 2.08. The predicted octanol–water partition coefficient (Wildman–Crippen LogP) is 0.692. The molecule has 0 aromatic carbocycles. The van der Waals surface area contributed by atoms with Gasteiger partial charge in [-0.1, -0.05) is 0 Å². The van der Waals surface area contributed by atoms with Crippen molar-refractivity contribution in [1.29, 1.82) is 0 Å². The molecule has 0 aliphatic heterocycles. The fourth-order valence-corrected chi connectivity index (χ4v) is 1.58. The molecule has 17 heavy (non-hydrogen) atoms. The van der Waals surface area contributed by atoms with Gasteiger partial charge in [0.25, 0.3) is 0 Å². The number of aliphatic hydroxyl groups is 1. The van der Waals surface area contributed by atoms with E-state index in [1.165, 1.54) is 0 Å². The van der Waals surface area contributed by atoms with Crippen LogP contribution in [0.3, 0.4) is 0 Å². The summed E-state index contributed by atoms with van der Waals surface area (Å²) < 4.78 is 6.68. The SMILES string of the molecule is COCC(C)NC(=O)Cn1ccc(C(C)O)c1. The van der Waals surface area contributed by atoms with Crippen molar-refractivity contribution < 1.29 is 14.6 Å². The van der Waals surface area contributed by atoms with Gasteiger partial charge < -0.3 is 19.7 Å². The summed E-state index contributed by atoms with van der Waals surface area (Å²) in [5, 5.41) is 12.2. The third kappa shape index (κ3) is 4.58. The van der Waals surface area contributed by atoms with E-state index >= 15 is 0 Å². The monoisotopic (exact) mass is 240 g/mol. The Morgan fingerprint density at radius 1 is 1.59 bits per heavy atom. The zero-order valence-corrected chi connectivity index (χ0v) is 10.5. The molecule has 0 saturated carbocycles. The second-order valence-corrected chi connectivity index (χ2v) is 4.22. The summed E-state index contributed by atoms with van der Waals surface area (Å²) in [6, 6.07) is 1.80. The highest BCUT2D eigenvalue weighted by atomic mass is 16.5. The summed E-state index contributed by atoms with van der Waals surface area (Å²) in [7, 11) is 1.60. The first-order valence-electron chi connectivity index (χ1n) is 5.65. The van der Waals surface area contributed by atoms with Crippen molar-refractivity contribution >= 4 is 5.91 Å². The second kappa shape index (κ2) is 6.42. The number of amides is 1. The van der Waals surface area contributed by atoms with Gasteiger partial charge in [-0.2, -0.15) is 0 Å². The van der Waals surface area contributed by atoms with Crippen LogP contribution in [-0.4, -0.2) is 35.3 Å². The number of rotatable bonds is 6. The van der Waals surface area contributed by atoms with Gasteiger partial charge in [0.2, 0.25) is 5.91 Å². The maximum absolute atomic E-state index is 11.6. The average Bonchev–Trinajstić information content (AvgIpc) is 2.66. The molecule has 1 aromatic rings. The van der Waals surface area contributed by atoms with Gasteiger partial charge >= 0.3 is 0 Å². The van der Waals surface area contributed by atoms with Crippen LogP contribution in [0.2, 0.25) is 0 Å². The molecule has 2 unspecified atom stereocenters. The Morgan fingerprint density at radius 2 is 2.29 bits per heavy atom. The Kier molecular flexibility index (Phi) is 5.18. The normalized spacial score (nSPS) is 14.4.